The molecule has 3 aromatic rings. The molecule has 0 aliphatic heterocycles. The predicted octanol–water partition coefficient (Wildman–Crippen LogP) is 5.75. The highest BCUT2D eigenvalue weighted by Crippen LogP contribution is 2.39. The monoisotopic (exact) mass is 628 g/mol. The number of carbonyl (C=O) groups excluding carboxylic acids is 2. The number of amides is 2. The van der Waals surface area contributed by atoms with Gasteiger partial charge in [-0.15, -0.1) is 0 Å². The lowest BCUT2D eigenvalue weighted by atomic mass is 9.90. The third kappa shape index (κ3) is 8.80. The van der Waals surface area contributed by atoms with Crippen molar-refractivity contribution in [1.29, 1.82) is 5.26 Å². The van der Waals surface area contributed by atoms with Crippen LogP contribution in [-0.2, 0) is 9.47 Å². The van der Waals surface area contributed by atoms with Crippen LogP contribution < -0.4 is 15.0 Å². The Morgan fingerprint density at radius 1 is 1.09 bits per heavy atom. The average molecular weight is 629 g/mol. The van der Waals surface area contributed by atoms with Crippen LogP contribution in [0.25, 0.3) is 22.2 Å². The fraction of sp³-hybridized carbons (Fsp3) is 0.457. The SMILES string of the molecule is C=C(C#N)CN(C(=O)OC(C)(C)C)c1c(OCCOC)ccc2ccc(-c3nccc(C(=O)N[C@H]4CC[C@H](N(C)C)CC4)n3)cc12. The molecule has 1 N–H and O–H groups in total. The summed E-state index contributed by atoms with van der Waals surface area (Å²) in [6.45, 7) is 9.58. The van der Waals surface area contributed by atoms with Gasteiger partial charge in [-0.2, -0.15) is 5.26 Å². The lowest BCUT2D eigenvalue weighted by Crippen LogP contribution is -2.42. The Balaban J connectivity index is 1.73. The Kier molecular flexibility index (Phi) is 11.3. The van der Waals surface area contributed by atoms with E-state index in [9.17, 15) is 14.9 Å². The molecule has 0 spiro atoms. The maximum Gasteiger partial charge on any atom is 0.415 e. The van der Waals surface area contributed by atoms with Gasteiger partial charge in [0.25, 0.3) is 5.91 Å². The van der Waals surface area contributed by atoms with Crippen LogP contribution in [0, 0.1) is 11.3 Å². The van der Waals surface area contributed by atoms with Gasteiger partial charge in [0, 0.05) is 41.9 Å². The Labute approximate surface area is 271 Å². The second kappa shape index (κ2) is 15.2. The van der Waals surface area contributed by atoms with Crippen molar-refractivity contribution < 1.29 is 23.8 Å². The van der Waals surface area contributed by atoms with Crippen molar-refractivity contribution in [2.45, 2.75) is 64.1 Å². The number of nitrogens with zero attached hydrogens (tertiary/aromatic N) is 5. The number of hydrogen-bond acceptors (Lipinski definition) is 9. The molecule has 1 heterocycles. The molecule has 1 aliphatic carbocycles. The molecular formula is C35H44N6O5. The summed E-state index contributed by atoms with van der Waals surface area (Å²) in [7, 11) is 5.76. The molecule has 0 atom stereocenters. The summed E-state index contributed by atoms with van der Waals surface area (Å²) < 4.78 is 17.0. The quantitative estimate of drug-likeness (QED) is 0.209. The molecule has 46 heavy (non-hydrogen) atoms. The molecule has 0 unspecified atom stereocenters. The molecule has 244 valence electrons. The van der Waals surface area contributed by atoms with E-state index in [4.69, 9.17) is 14.2 Å². The number of anilines is 1. The summed E-state index contributed by atoms with van der Waals surface area (Å²) in [4.78, 5) is 39.5. The Morgan fingerprint density at radius 3 is 2.46 bits per heavy atom. The minimum Gasteiger partial charge on any atom is -0.489 e. The van der Waals surface area contributed by atoms with Gasteiger partial charge in [-0.25, -0.2) is 14.8 Å². The van der Waals surface area contributed by atoms with E-state index in [1.54, 1.807) is 46.2 Å². The van der Waals surface area contributed by atoms with E-state index >= 15 is 0 Å². The molecule has 11 heteroatoms. The maximum absolute atomic E-state index is 13.6. The Hall–Kier alpha value is -4.53. The van der Waals surface area contributed by atoms with Crippen LogP contribution in [-0.4, -0.2) is 85.5 Å². The maximum atomic E-state index is 13.6. The van der Waals surface area contributed by atoms with Gasteiger partial charge < -0.3 is 24.4 Å². The van der Waals surface area contributed by atoms with Crippen molar-refractivity contribution >= 4 is 28.5 Å². The first-order valence-electron chi connectivity index (χ1n) is 15.5. The van der Waals surface area contributed by atoms with Crippen LogP contribution in [0.4, 0.5) is 10.5 Å². The highest BCUT2D eigenvalue weighted by atomic mass is 16.6. The molecule has 2 aromatic carbocycles. The number of rotatable bonds is 11. The number of fused-ring (bicyclic) bond motifs is 1. The average Bonchev–Trinajstić information content (AvgIpc) is 3.02. The van der Waals surface area contributed by atoms with Crippen molar-refractivity contribution in [2.75, 3.05) is 45.9 Å². The van der Waals surface area contributed by atoms with Crippen LogP contribution in [0.3, 0.4) is 0 Å². The van der Waals surface area contributed by atoms with Gasteiger partial charge in [0.15, 0.2) is 5.82 Å². The molecule has 1 fully saturated rings. The van der Waals surface area contributed by atoms with Gasteiger partial charge in [-0.1, -0.05) is 24.8 Å². The van der Waals surface area contributed by atoms with Crippen molar-refractivity contribution in [3.63, 3.8) is 0 Å². The zero-order valence-electron chi connectivity index (χ0n) is 27.6. The summed E-state index contributed by atoms with van der Waals surface area (Å²) >= 11 is 0. The van der Waals surface area contributed by atoms with Crippen molar-refractivity contribution in [2.24, 2.45) is 0 Å². The molecule has 0 bridgehead atoms. The fourth-order valence-corrected chi connectivity index (χ4v) is 5.45. The van der Waals surface area contributed by atoms with Gasteiger partial charge in [-0.05, 0) is 84.1 Å². The predicted molar refractivity (Wildman–Crippen MR) is 178 cm³/mol. The van der Waals surface area contributed by atoms with Crippen molar-refractivity contribution in [1.82, 2.24) is 20.2 Å². The summed E-state index contributed by atoms with van der Waals surface area (Å²) in [5, 5.41) is 14.2. The smallest absolute Gasteiger partial charge is 0.415 e. The van der Waals surface area contributed by atoms with E-state index in [2.05, 4.69) is 40.9 Å². The largest absolute Gasteiger partial charge is 0.489 e. The topological polar surface area (TPSA) is 130 Å². The van der Waals surface area contributed by atoms with Gasteiger partial charge in [0.05, 0.1) is 24.9 Å². The van der Waals surface area contributed by atoms with E-state index in [0.29, 0.717) is 40.9 Å². The highest BCUT2D eigenvalue weighted by molar-refractivity contribution is 6.06. The van der Waals surface area contributed by atoms with E-state index in [0.717, 1.165) is 31.1 Å². The number of methoxy groups -OCH3 is 1. The molecule has 0 saturated heterocycles. The van der Waals surface area contributed by atoms with Gasteiger partial charge in [0.1, 0.15) is 23.7 Å². The number of carbonyl (C=O) groups is 2. The number of nitrogens with one attached hydrogen (secondary N) is 1. The second-order valence-electron chi connectivity index (χ2n) is 12.7. The molecule has 1 aliphatic rings. The summed E-state index contributed by atoms with van der Waals surface area (Å²) in [6, 6.07) is 13.5. The lowest BCUT2D eigenvalue weighted by Gasteiger charge is -2.32. The lowest BCUT2D eigenvalue weighted by molar-refractivity contribution is 0.0582. The third-order valence-corrected chi connectivity index (χ3v) is 7.80. The van der Waals surface area contributed by atoms with E-state index < -0.39 is 11.7 Å². The molecule has 0 radical (unpaired) electrons. The standard InChI is InChI=1S/C35H44N6O5/c1-23(21-36)22-41(34(43)46-35(2,3)4)31-28-20-25(9-8-24(28)10-15-30(31)45-19-18-44-7)32-37-17-16-29(39-32)33(42)38-26-11-13-27(14-12-26)40(5)6/h8-10,15-17,20,26-27H,1,11-14,18-19,22H2,2-7H3,(H,38,42)/t26-,27-. The molecule has 1 saturated carbocycles. The minimum absolute atomic E-state index is 0.101. The normalized spacial score (nSPS) is 16.5. The van der Waals surface area contributed by atoms with Crippen molar-refractivity contribution in [3.05, 3.63) is 60.4 Å². The third-order valence-electron chi connectivity index (χ3n) is 7.80. The number of ether oxygens (including phenoxy) is 3. The molecule has 4 rings (SSSR count). The number of nitriles is 1. The number of aromatic nitrogens is 2. The number of hydrogen-bond donors (Lipinski definition) is 1. The van der Waals surface area contributed by atoms with Crippen LogP contribution in [0.5, 0.6) is 5.75 Å². The highest BCUT2D eigenvalue weighted by Gasteiger charge is 2.29. The van der Waals surface area contributed by atoms with E-state index in [-0.39, 0.29) is 36.4 Å². The molecule has 1 aromatic heterocycles. The van der Waals surface area contributed by atoms with Crippen LogP contribution in [0.15, 0.2) is 54.7 Å². The van der Waals surface area contributed by atoms with E-state index in [1.165, 1.54) is 4.90 Å². The van der Waals surface area contributed by atoms with Gasteiger partial charge >= 0.3 is 6.09 Å². The Morgan fingerprint density at radius 2 is 1.80 bits per heavy atom. The first-order chi connectivity index (χ1) is 21.9. The van der Waals surface area contributed by atoms with Crippen LogP contribution >= 0.6 is 0 Å². The summed E-state index contributed by atoms with van der Waals surface area (Å²) in [5.41, 5.74) is 0.684. The van der Waals surface area contributed by atoms with E-state index in [1.807, 2.05) is 30.3 Å². The van der Waals surface area contributed by atoms with Gasteiger partial charge in [-0.3, -0.25) is 9.69 Å². The molecule has 2 amide bonds. The molecule has 11 nitrogen and oxygen atoms in total. The van der Waals surface area contributed by atoms with Crippen LogP contribution in [0.1, 0.15) is 56.9 Å². The first-order valence-corrected chi connectivity index (χ1v) is 15.5. The van der Waals surface area contributed by atoms with Crippen LogP contribution in [0.2, 0.25) is 0 Å². The number of benzene rings is 2. The zero-order chi connectivity index (χ0) is 33.4. The first kappa shape index (κ1) is 34.3. The fourth-order valence-electron chi connectivity index (χ4n) is 5.45. The van der Waals surface area contributed by atoms with Crippen molar-refractivity contribution in [3.8, 4) is 23.2 Å². The second-order valence-corrected chi connectivity index (χ2v) is 12.7. The minimum atomic E-state index is -0.795. The zero-order valence-corrected chi connectivity index (χ0v) is 27.6. The summed E-state index contributed by atoms with van der Waals surface area (Å²) in [6.07, 6.45) is 4.81. The molecular weight excluding hydrogens is 584 g/mol. The van der Waals surface area contributed by atoms with Gasteiger partial charge in [0.2, 0.25) is 0 Å². The summed E-state index contributed by atoms with van der Waals surface area (Å²) in [5.74, 6) is 0.516. The Bertz CT molecular complexity index is 1600.